The molecule has 2 aromatic rings. The predicted molar refractivity (Wildman–Crippen MR) is 131 cm³/mol. The Bertz CT molecular complexity index is 1150. The third kappa shape index (κ3) is 5.78. The number of benzene rings is 2. The topological polar surface area (TPSA) is 111 Å². The van der Waals surface area contributed by atoms with Gasteiger partial charge in [-0.1, -0.05) is 34.1 Å². The van der Waals surface area contributed by atoms with Gasteiger partial charge in [-0.25, -0.2) is 4.79 Å². The second-order valence-electron chi connectivity index (χ2n) is 6.98. The number of halogens is 1. The Balaban J connectivity index is 1.76. The van der Waals surface area contributed by atoms with E-state index in [0.29, 0.717) is 27.2 Å². The molecule has 34 heavy (non-hydrogen) atoms. The molecule has 9 nitrogen and oxygen atoms in total. The Morgan fingerprint density at radius 1 is 1.15 bits per heavy atom. The number of carbonyl (C=O) groups is 4. The van der Waals surface area contributed by atoms with Crippen LogP contribution in [-0.4, -0.2) is 54.8 Å². The zero-order valence-corrected chi connectivity index (χ0v) is 20.9. The van der Waals surface area contributed by atoms with E-state index < -0.39 is 23.2 Å². The van der Waals surface area contributed by atoms with Crippen LogP contribution in [0, 0.1) is 0 Å². The molecule has 1 fully saturated rings. The van der Waals surface area contributed by atoms with Crippen LogP contribution >= 0.6 is 27.7 Å². The summed E-state index contributed by atoms with van der Waals surface area (Å²) >= 11 is 4.14. The van der Waals surface area contributed by atoms with E-state index in [2.05, 4.69) is 26.0 Å². The number of ether oxygens (including phenoxy) is 3. The molecule has 2 aromatic carbocycles. The van der Waals surface area contributed by atoms with Crippen molar-refractivity contribution in [2.75, 3.05) is 26.1 Å². The van der Waals surface area contributed by atoms with Crippen molar-refractivity contribution in [3.05, 3.63) is 57.4 Å². The van der Waals surface area contributed by atoms with Crippen molar-refractivity contribution in [1.82, 2.24) is 4.90 Å². The molecule has 0 saturated carbocycles. The van der Waals surface area contributed by atoms with E-state index in [1.54, 1.807) is 36.4 Å². The molecular formula is C23H21BrN2O7S. The van der Waals surface area contributed by atoms with Gasteiger partial charge in [0.2, 0.25) is 0 Å². The van der Waals surface area contributed by atoms with Gasteiger partial charge >= 0.3 is 5.97 Å². The minimum Gasteiger partial charge on any atom is -0.493 e. The van der Waals surface area contributed by atoms with Gasteiger partial charge < -0.3 is 19.5 Å². The molecule has 1 aliphatic heterocycles. The number of carbonyl (C=O) groups excluding carboxylic acids is 4. The molecular weight excluding hydrogens is 528 g/mol. The third-order valence-corrected chi connectivity index (χ3v) is 6.31. The maximum absolute atomic E-state index is 12.7. The van der Waals surface area contributed by atoms with Crippen LogP contribution in [-0.2, 0) is 19.1 Å². The van der Waals surface area contributed by atoms with Crippen LogP contribution in [0.2, 0.25) is 0 Å². The molecule has 11 heteroatoms. The lowest BCUT2D eigenvalue weighted by molar-refractivity contribution is -0.148. The lowest BCUT2D eigenvalue weighted by atomic mass is 10.1. The molecule has 1 aliphatic rings. The predicted octanol–water partition coefficient (Wildman–Crippen LogP) is 4.07. The summed E-state index contributed by atoms with van der Waals surface area (Å²) in [5.74, 6) is -1.01. The van der Waals surface area contributed by atoms with Gasteiger partial charge in [0.1, 0.15) is 6.04 Å². The number of anilines is 1. The number of hydrogen-bond donors (Lipinski definition) is 1. The molecule has 0 bridgehead atoms. The second-order valence-corrected chi connectivity index (χ2v) is 8.83. The van der Waals surface area contributed by atoms with E-state index in [4.69, 9.17) is 9.47 Å². The Morgan fingerprint density at radius 3 is 2.50 bits per heavy atom. The van der Waals surface area contributed by atoms with Gasteiger partial charge in [0.25, 0.3) is 17.1 Å². The summed E-state index contributed by atoms with van der Waals surface area (Å²) in [6.45, 7) is 1.17. The van der Waals surface area contributed by atoms with Crippen molar-refractivity contribution < 1.29 is 33.4 Å². The van der Waals surface area contributed by atoms with Gasteiger partial charge in [0.15, 0.2) is 18.1 Å². The lowest BCUT2D eigenvalue weighted by Crippen LogP contribution is -2.42. The molecule has 0 aliphatic carbocycles. The number of thioether (sulfide) groups is 1. The maximum atomic E-state index is 12.7. The van der Waals surface area contributed by atoms with Crippen LogP contribution in [0.1, 0.15) is 12.5 Å². The minimum atomic E-state index is -1.04. The van der Waals surface area contributed by atoms with Crippen LogP contribution < -0.4 is 14.8 Å². The van der Waals surface area contributed by atoms with E-state index in [1.165, 1.54) is 27.2 Å². The summed E-state index contributed by atoms with van der Waals surface area (Å²) in [7, 11) is 2.63. The molecule has 3 rings (SSSR count). The van der Waals surface area contributed by atoms with E-state index in [9.17, 15) is 19.2 Å². The van der Waals surface area contributed by atoms with Crippen LogP contribution in [0.4, 0.5) is 10.5 Å². The van der Waals surface area contributed by atoms with Crippen LogP contribution in [0.25, 0.3) is 6.08 Å². The van der Waals surface area contributed by atoms with Crippen molar-refractivity contribution >= 4 is 62.5 Å². The summed E-state index contributed by atoms with van der Waals surface area (Å²) in [5, 5.41) is 2.15. The molecule has 1 atom stereocenters. The minimum absolute atomic E-state index is 0.138. The largest absolute Gasteiger partial charge is 0.493 e. The van der Waals surface area contributed by atoms with Gasteiger partial charge in [0, 0.05) is 10.2 Å². The maximum Gasteiger partial charge on any atom is 0.328 e. The number of esters is 1. The smallest absolute Gasteiger partial charge is 0.328 e. The SMILES string of the molecule is COC(=O)[C@H](C)N1C(=O)S/C(=C/c2cc(OC)c(OCC(=O)Nc3ccccc3)cc2Br)C1=O. The van der Waals surface area contributed by atoms with Crippen LogP contribution in [0.15, 0.2) is 51.8 Å². The Labute approximate surface area is 208 Å². The molecule has 0 aromatic heterocycles. The molecule has 0 spiro atoms. The number of methoxy groups -OCH3 is 2. The summed E-state index contributed by atoms with van der Waals surface area (Å²) in [6.07, 6.45) is 1.51. The third-order valence-electron chi connectivity index (χ3n) is 4.74. The fourth-order valence-corrected chi connectivity index (χ4v) is 4.36. The Hall–Kier alpha value is -3.31. The van der Waals surface area contributed by atoms with Gasteiger partial charge in [-0.3, -0.25) is 19.3 Å². The van der Waals surface area contributed by atoms with Crippen LogP contribution in [0.3, 0.4) is 0 Å². The first kappa shape index (κ1) is 25.3. The number of nitrogens with one attached hydrogen (secondary N) is 1. The summed E-state index contributed by atoms with van der Waals surface area (Å²) < 4.78 is 16.2. The highest BCUT2D eigenvalue weighted by atomic mass is 79.9. The number of imide groups is 1. The normalized spacial score (nSPS) is 15.3. The van der Waals surface area contributed by atoms with Gasteiger partial charge in [0.05, 0.1) is 19.1 Å². The number of nitrogens with zero attached hydrogens (tertiary/aromatic N) is 1. The first-order valence-electron chi connectivity index (χ1n) is 9.95. The van der Waals surface area contributed by atoms with Crippen molar-refractivity contribution in [2.24, 2.45) is 0 Å². The zero-order chi connectivity index (χ0) is 24.8. The van der Waals surface area contributed by atoms with Crippen LogP contribution in [0.5, 0.6) is 11.5 Å². The van der Waals surface area contributed by atoms with E-state index >= 15 is 0 Å². The zero-order valence-electron chi connectivity index (χ0n) is 18.5. The molecule has 3 amide bonds. The van der Waals surface area contributed by atoms with E-state index in [1.807, 2.05) is 6.07 Å². The van der Waals surface area contributed by atoms with Gasteiger partial charge in [-0.05, 0) is 54.6 Å². The molecule has 0 radical (unpaired) electrons. The quantitative estimate of drug-likeness (QED) is 0.388. The first-order valence-corrected chi connectivity index (χ1v) is 11.6. The highest BCUT2D eigenvalue weighted by Crippen LogP contribution is 2.38. The van der Waals surface area contributed by atoms with Gasteiger partial charge in [-0.15, -0.1) is 0 Å². The molecule has 178 valence electrons. The highest BCUT2D eigenvalue weighted by molar-refractivity contribution is 9.10. The van der Waals surface area contributed by atoms with Crippen molar-refractivity contribution in [2.45, 2.75) is 13.0 Å². The first-order chi connectivity index (χ1) is 16.2. The van der Waals surface area contributed by atoms with Crippen molar-refractivity contribution in [3.8, 4) is 11.5 Å². The van der Waals surface area contributed by atoms with Crippen molar-refractivity contribution in [1.29, 1.82) is 0 Å². The number of amides is 3. The summed E-state index contributed by atoms with van der Waals surface area (Å²) in [6, 6.07) is 11.1. The fraction of sp³-hybridized carbons (Fsp3) is 0.217. The van der Waals surface area contributed by atoms with Crippen molar-refractivity contribution in [3.63, 3.8) is 0 Å². The monoisotopic (exact) mass is 548 g/mol. The summed E-state index contributed by atoms with van der Waals surface area (Å²) in [5.41, 5.74) is 1.18. The number of rotatable bonds is 8. The number of hydrogen-bond acceptors (Lipinski definition) is 8. The fourth-order valence-electron chi connectivity index (χ4n) is 3.03. The van der Waals surface area contributed by atoms with E-state index in [-0.39, 0.29) is 17.4 Å². The Kier molecular flexibility index (Phi) is 8.35. The molecule has 1 heterocycles. The molecule has 0 unspecified atom stereocenters. The lowest BCUT2D eigenvalue weighted by Gasteiger charge is -2.18. The molecule has 1 saturated heterocycles. The second kappa shape index (κ2) is 11.2. The average Bonchev–Trinajstić information content (AvgIpc) is 3.11. The highest BCUT2D eigenvalue weighted by Gasteiger charge is 2.41. The Morgan fingerprint density at radius 2 is 1.85 bits per heavy atom. The summed E-state index contributed by atoms with van der Waals surface area (Å²) in [4.78, 5) is 50.0. The average molecular weight is 549 g/mol. The van der Waals surface area contributed by atoms with E-state index in [0.717, 1.165) is 16.7 Å². The van der Waals surface area contributed by atoms with Gasteiger partial charge in [-0.2, -0.15) is 0 Å². The molecule has 1 N–H and O–H groups in total. The number of para-hydroxylation sites is 1. The standard InChI is InChI=1S/C23H21BrN2O7S/c1-13(22(29)32-3)26-21(28)19(34-23(26)30)10-14-9-17(31-2)18(11-16(14)24)33-12-20(27)25-15-7-5-4-6-8-15/h4-11,13H,12H2,1-3H3,(H,25,27)/b19-10+/t13-/m0/s1.